The van der Waals surface area contributed by atoms with Crippen LogP contribution in [0.5, 0.6) is 0 Å². The second-order valence-corrected chi connectivity index (χ2v) is 5.37. The van der Waals surface area contributed by atoms with Gasteiger partial charge < -0.3 is 10.1 Å². The number of hydrogen-bond donors (Lipinski definition) is 1. The van der Waals surface area contributed by atoms with E-state index < -0.39 is 0 Å². The number of nitrogens with zero attached hydrogens (tertiary/aromatic N) is 2. The zero-order valence-corrected chi connectivity index (χ0v) is 11.2. The molecule has 0 bridgehead atoms. The first-order valence-electron chi connectivity index (χ1n) is 6.10. The van der Waals surface area contributed by atoms with Crippen molar-refractivity contribution in [1.82, 2.24) is 9.88 Å². The van der Waals surface area contributed by atoms with E-state index in [-0.39, 0.29) is 18.5 Å². The van der Waals surface area contributed by atoms with Crippen molar-refractivity contribution in [3.63, 3.8) is 0 Å². The summed E-state index contributed by atoms with van der Waals surface area (Å²) in [7, 11) is 0. The molecule has 6 heteroatoms. The van der Waals surface area contributed by atoms with Crippen molar-refractivity contribution in [1.29, 1.82) is 0 Å². The van der Waals surface area contributed by atoms with Gasteiger partial charge in [0, 0.05) is 5.38 Å². The number of aryl methyl sites for hydroxylation is 1. The maximum atomic E-state index is 11.8. The number of nitrogens with one attached hydrogen (secondary N) is 1. The molecule has 1 N–H and O–H groups in total. The maximum Gasteiger partial charge on any atom is 0.240 e. The number of thiazole rings is 1. The number of piperidine rings is 1. The van der Waals surface area contributed by atoms with E-state index in [2.05, 4.69) is 10.3 Å². The van der Waals surface area contributed by atoms with Crippen LogP contribution >= 0.6 is 11.3 Å². The van der Waals surface area contributed by atoms with Gasteiger partial charge in [0.15, 0.2) is 5.13 Å². The predicted molar refractivity (Wildman–Crippen MR) is 70.8 cm³/mol. The number of anilines is 1. The second-order valence-electron chi connectivity index (χ2n) is 4.51. The Labute approximate surface area is 110 Å². The summed E-state index contributed by atoms with van der Waals surface area (Å²) in [6.07, 6.45) is 3.91. The van der Waals surface area contributed by atoms with Crippen molar-refractivity contribution in [3.05, 3.63) is 11.1 Å². The molecule has 0 aliphatic carbocycles. The molecule has 0 spiro atoms. The molecule has 1 unspecified atom stereocenters. The highest BCUT2D eigenvalue weighted by Crippen LogP contribution is 2.17. The van der Waals surface area contributed by atoms with Gasteiger partial charge in [0.05, 0.1) is 18.3 Å². The summed E-state index contributed by atoms with van der Waals surface area (Å²) in [5.41, 5.74) is 0.902. The minimum Gasteiger partial charge on any atom is -0.302 e. The fraction of sp³-hybridized carbons (Fsp3) is 0.583. The highest BCUT2D eigenvalue weighted by Gasteiger charge is 2.23. The molecule has 2 heterocycles. The quantitative estimate of drug-likeness (QED) is 0.839. The SMILES string of the molecule is Cc1csc(NC(=O)CN2CCCCC2C=O)n1. The van der Waals surface area contributed by atoms with Gasteiger partial charge in [-0.15, -0.1) is 11.3 Å². The molecule has 1 aliphatic heterocycles. The minimum absolute atomic E-state index is 0.0990. The third-order valence-corrected chi connectivity index (χ3v) is 3.91. The van der Waals surface area contributed by atoms with Crippen LogP contribution in [0.15, 0.2) is 5.38 Å². The summed E-state index contributed by atoms with van der Waals surface area (Å²) >= 11 is 1.42. The molecule has 1 amide bonds. The molecule has 18 heavy (non-hydrogen) atoms. The Hall–Kier alpha value is -1.27. The zero-order chi connectivity index (χ0) is 13.0. The molecule has 5 nitrogen and oxygen atoms in total. The molecular formula is C12H17N3O2S. The van der Waals surface area contributed by atoms with Gasteiger partial charge in [-0.3, -0.25) is 9.69 Å². The lowest BCUT2D eigenvalue weighted by atomic mass is 10.0. The van der Waals surface area contributed by atoms with Crippen LogP contribution in [0.1, 0.15) is 25.0 Å². The molecule has 1 fully saturated rings. The first-order chi connectivity index (χ1) is 8.69. The Kier molecular flexibility index (Phi) is 4.43. The molecule has 1 aromatic rings. The third-order valence-electron chi connectivity index (χ3n) is 3.03. The molecule has 0 saturated carbocycles. The number of aromatic nitrogens is 1. The van der Waals surface area contributed by atoms with E-state index in [1.165, 1.54) is 11.3 Å². The largest absolute Gasteiger partial charge is 0.302 e. The second kappa shape index (κ2) is 6.06. The van der Waals surface area contributed by atoms with E-state index >= 15 is 0 Å². The maximum absolute atomic E-state index is 11.8. The lowest BCUT2D eigenvalue weighted by molar-refractivity contribution is -0.120. The van der Waals surface area contributed by atoms with E-state index in [4.69, 9.17) is 0 Å². The summed E-state index contributed by atoms with van der Waals surface area (Å²) in [5.74, 6) is -0.0990. The van der Waals surface area contributed by atoms with Crippen LogP contribution in [0.2, 0.25) is 0 Å². The standard InChI is InChI=1S/C12H17N3O2S/c1-9-8-18-12(13-9)14-11(17)6-15-5-3-2-4-10(15)7-16/h7-8,10H,2-6H2,1H3,(H,13,14,17). The lowest BCUT2D eigenvalue weighted by Gasteiger charge is -2.31. The van der Waals surface area contributed by atoms with E-state index in [9.17, 15) is 9.59 Å². The molecule has 0 aromatic carbocycles. The molecule has 98 valence electrons. The van der Waals surface area contributed by atoms with Crippen molar-refractivity contribution in [2.75, 3.05) is 18.4 Å². The third kappa shape index (κ3) is 3.36. The van der Waals surface area contributed by atoms with Crippen LogP contribution in [0.4, 0.5) is 5.13 Å². The average molecular weight is 267 g/mol. The van der Waals surface area contributed by atoms with E-state index in [0.29, 0.717) is 5.13 Å². The number of hydrogen-bond acceptors (Lipinski definition) is 5. The average Bonchev–Trinajstić information content (AvgIpc) is 2.75. The van der Waals surface area contributed by atoms with Crippen LogP contribution in [0.25, 0.3) is 0 Å². The number of carbonyl (C=O) groups is 2. The molecule has 0 radical (unpaired) electrons. The molecular weight excluding hydrogens is 250 g/mol. The fourth-order valence-corrected chi connectivity index (χ4v) is 2.83. The molecule has 2 rings (SSSR count). The van der Waals surface area contributed by atoms with Gasteiger partial charge in [0.1, 0.15) is 6.29 Å². The van der Waals surface area contributed by atoms with Crippen LogP contribution < -0.4 is 5.32 Å². The fourth-order valence-electron chi connectivity index (χ4n) is 2.12. The van der Waals surface area contributed by atoms with Gasteiger partial charge in [-0.25, -0.2) is 4.98 Å². The summed E-state index contributed by atoms with van der Waals surface area (Å²) in [6, 6.07) is -0.109. The van der Waals surface area contributed by atoms with Crippen molar-refractivity contribution >= 4 is 28.7 Å². The van der Waals surface area contributed by atoms with Gasteiger partial charge in [-0.2, -0.15) is 0 Å². The van der Waals surface area contributed by atoms with Crippen molar-refractivity contribution in [3.8, 4) is 0 Å². The van der Waals surface area contributed by atoms with Crippen LogP contribution in [0.3, 0.4) is 0 Å². The minimum atomic E-state index is -0.109. The van der Waals surface area contributed by atoms with Crippen molar-refractivity contribution in [2.45, 2.75) is 32.2 Å². The predicted octanol–water partition coefficient (Wildman–Crippen LogP) is 1.44. The van der Waals surface area contributed by atoms with Crippen LogP contribution in [-0.4, -0.2) is 41.2 Å². The monoisotopic (exact) mass is 267 g/mol. The number of rotatable bonds is 4. The molecule has 1 aliphatic rings. The number of amides is 1. The summed E-state index contributed by atoms with van der Waals surface area (Å²) in [4.78, 5) is 28.9. The summed E-state index contributed by atoms with van der Waals surface area (Å²) < 4.78 is 0. The van der Waals surface area contributed by atoms with Crippen LogP contribution in [0, 0.1) is 6.92 Å². The number of carbonyl (C=O) groups excluding carboxylic acids is 2. The molecule has 1 atom stereocenters. The van der Waals surface area contributed by atoms with E-state index in [0.717, 1.165) is 37.8 Å². The lowest BCUT2D eigenvalue weighted by Crippen LogP contribution is -2.44. The smallest absolute Gasteiger partial charge is 0.240 e. The van der Waals surface area contributed by atoms with Crippen LogP contribution in [-0.2, 0) is 9.59 Å². The first-order valence-corrected chi connectivity index (χ1v) is 6.98. The summed E-state index contributed by atoms with van der Waals surface area (Å²) in [6.45, 7) is 2.97. The van der Waals surface area contributed by atoms with Crippen molar-refractivity contribution in [2.24, 2.45) is 0 Å². The van der Waals surface area contributed by atoms with Gasteiger partial charge in [0.2, 0.25) is 5.91 Å². The molecule has 1 aromatic heterocycles. The number of likely N-dealkylation sites (tertiary alicyclic amines) is 1. The van der Waals surface area contributed by atoms with Gasteiger partial charge in [-0.05, 0) is 26.3 Å². The van der Waals surface area contributed by atoms with Gasteiger partial charge >= 0.3 is 0 Å². The van der Waals surface area contributed by atoms with E-state index in [1.807, 2.05) is 17.2 Å². The van der Waals surface area contributed by atoms with Gasteiger partial charge in [0.25, 0.3) is 0 Å². The topological polar surface area (TPSA) is 62.3 Å². The normalized spacial score (nSPS) is 20.6. The Balaban J connectivity index is 1.88. The highest BCUT2D eigenvalue weighted by atomic mass is 32.1. The first kappa shape index (κ1) is 13.2. The highest BCUT2D eigenvalue weighted by molar-refractivity contribution is 7.13. The van der Waals surface area contributed by atoms with Gasteiger partial charge in [-0.1, -0.05) is 6.42 Å². The molecule has 1 saturated heterocycles. The zero-order valence-electron chi connectivity index (χ0n) is 10.4. The number of aldehydes is 1. The van der Waals surface area contributed by atoms with E-state index in [1.54, 1.807) is 0 Å². The Morgan fingerprint density at radius 3 is 3.17 bits per heavy atom. The summed E-state index contributed by atoms with van der Waals surface area (Å²) in [5, 5.41) is 5.28. The Morgan fingerprint density at radius 1 is 1.67 bits per heavy atom. The van der Waals surface area contributed by atoms with Crippen molar-refractivity contribution < 1.29 is 9.59 Å². The Bertz CT molecular complexity index is 433. The Morgan fingerprint density at radius 2 is 2.50 bits per heavy atom.